The Morgan fingerprint density at radius 3 is 2.50 bits per heavy atom. The Bertz CT molecular complexity index is 541. The summed E-state index contributed by atoms with van der Waals surface area (Å²) >= 11 is 0. The molecule has 0 heterocycles. The molecule has 2 rings (SSSR count). The van der Waals surface area contributed by atoms with Crippen LogP contribution in [-0.4, -0.2) is 50.6 Å². The molecule has 1 aliphatic carbocycles. The molecule has 120 valence electrons. The molecule has 6 heteroatoms. The lowest BCUT2D eigenvalue weighted by atomic mass is 9.94. The number of carbonyl (C=O) groups excluding carboxylic acids is 2. The molecule has 0 aromatic heterocycles. The summed E-state index contributed by atoms with van der Waals surface area (Å²) in [7, 11) is 3.17. The molecule has 1 aromatic rings. The van der Waals surface area contributed by atoms with Crippen LogP contribution in [0.2, 0.25) is 0 Å². The number of rotatable bonds is 7. The number of likely N-dealkylation sites (N-methyl/N-ethyl adjacent to an activating group) is 1. The third-order valence-electron chi connectivity index (χ3n) is 3.91. The molecule has 0 atom stereocenters. The predicted molar refractivity (Wildman–Crippen MR) is 79.8 cm³/mol. The summed E-state index contributed by atoms with van der Waals surface area (Å²) in [5, 5.41) is 2.68. The highest BCUT2D eigenvalue weighted by Gasteiger charge is 2.52. The molecule has 0 spiro atoms. The summed E-state index contributed by atoms with van der Waals surface area (Å²) in [5.41, 5.74) is 0.223. The minimum Gasteiger partial charge on any atom is -0.383 e. The molecule has 2 amide bonds. The maximum absolute atomic E-state index is 13.0. The fourth-order valence-corrected chi connectivity index (χ4v) is 2.52. The van der Waals surface area contributed by atoms with Gasteiger partial charge in [0, 0.05) is 20.7 Å². The highest BCUT2D eigenvalue weighted by atomic mass is 19.1. The molecule has 1 N–H and O–H groups in total. The van der Waals surface area contributed by atoms with Crippen LogP contribution in [0.5, 0.6) is 0 Å². The van der Waals surface area contributed by atoms with Gasteiger partial charge in [-0.2, -0.15) is 0 Å². The second-order valence-electron chi connectivity index (χ2n) is 5.59. The fraction of sp³-hybridized carbons (Fsp3) is 0.500. The van der Waals surface area contributed by atoms with Gasteiger partial charge in [0.15, 0.2) is 0 Å². The van der Waals surface area contributed by atoms with E-state index in [9.17, 15) is 14.0 Å². The van der Waals surface area contributed by atoms with E-state index in [2.05, 4.69) is 5.32 Å². The first-order valence-corrected chi connectivity index (χ1v) is 7.27. The molecular formula is C16H21FN2O3. The first-order valence-electron chi connectivity index (χ1n) is 7.27. The van der Waals surface area contributed by atoms with Crippen molar-refractivity contribution in [2.45, 2.75) is 18.3 Å². The zero-order valence-electron chi connectivity index (χ0n) is 12.9. The van der Waals surface area contributed by atoms with Crippen molar-refractivity contribution in [3.63, 3.8) is 0 Å². The van der Waals surface area contributed by atoms with Crippen LogP contribution in [0.15, 0.2) is 24.3 Å². The maximum atomic E-state index is 13.0. The molecule has 1 aromatic carbocycles. The van der Waals surface area contributed by atoms with E-state index in [-0.39, 0.29) is 24.2 Å². The van der Waals surface area contributed by atoms with Gasteiger partial charge in [-0.25, -0.2) is 4.39 Å². The maximum Gasteiger partial charge on any atom is 0.239 e. The van der Waals surface area contributed by atoms with Crippen LogP contribution in [0.25, 0.3) is 0 Å². The van der Waals surface area contributed by atoms with Crippen molar-refractivity contribution < 1.29 is 18.7 Å². The minimum absolute atomic E-state index is 0.00545. The van der Waals surface area contributed by atoms with Crippen molar-refractivity contribution in [2.24, 2.45) is 0 Å². The van der Waals surface area contributed by atoms with Crippen molar-refractivity contribution in [2.75, 3.05) is 33.9 Å². The van der Waals surface area contributed by atoms with Gasteiger partial charge in [0.25, 0.3) is 0 Å². The highest BCUT2D eigenvalue weighted by molar-refractivity contribution is 5.93. The summed E-state index contributed by atoms with van der Waals surface area (Å²) in [6.45, 7) is 0.856. The number of nitrogens with zero attached hydrogens (tertiary/aromatic N) is 1. The molecule has 1 fully saturated rings. The van der Waals surface area contributed by atoms with Gasteiger partial charge in [0.05, 0.1) is 18.6 Å². The third-order valence-corrected chi connectivity index (χ3v) is 3.91. The van der Waals surface area contributed by atoms with Crippen LogP contribution < -0.4 is 5.32 Å². The highest BCUT2D eigenvalue weighted by Crippen LogP contribution is 2.49. The SMILES string of the molecule is COCCNC(=O)CN(C)C(=O)C1(c2ccc(F)cc2)CC1. The summed E-state index contributed by atoms with van der Waals surface area (Å²) in [5.74, 6) is -0.637. The van der Waals surface area contributed by atoms with Crippen LogP contribution in [0.1, 0.15) is 18.4 Å². The Morgan fingerprint density at radius 1 is 1.32 bits per heavy atom. The molecule has 1 aliphatic rings. The second kappa shape index (κ2) is 6.87. The van der Waals surface area contributed by atoms with Gasteiger partial charge < -0.3 is 15.0 Å². The van der Waals surface area contributed by atoms with Crippen LogP contribution in [0.4, 0.5) is 4.39 Å². The van der Waals surface area contributed by atoms with E-state index >= 15 is 0 Å². The Labute approximate surface area is 129 Å². The van der Waals surface area contributed by atoms with Crippen molar-refractivity contribution in [1.29, 1.82) is 0 Å². The summed E-state index contributed by atoms with van der Waals surface area (Å²) in [6.07, 6.45) is 1.46. The smallest absolute Gasteiger partial charge is 0.239 e. The fourth-order valence-electron chi connectivity index (χ4n) is 2.52. The Morgan fingerprint density at radius 2 is 1.95 bits per heavy atom. The van der Waals surface area contributed by atoms with E-state index in [0.717, 1.165) is 18.4 Å². The second-order valence-corrected chi connectivity index (χ2v) is 5.59. The summed E-state index contributed by atoms with van der Waals surface area (Å²) in [4.78, 5) is 25.8. The molecule has 0 unspecified atom stereocenters. The number of benzene rings is 1. The lowest BCUT2D eigenvalue weighted by Gasteiger charge is -2.23. The van der Waals surface area contributed by atoms with E-state index in [1.807, 2.05) is 0 Å². The van der Waals surface area contributed by atoms with Crippen molar-refractivity contribution >= 4 is 11.8 Å². The van der Waals surface area contributed by atoms with Gasteiger partial charge in [-0.3, -0.25) is 9.59 Å². The van der Waals surface area contributed by atoms with E-state index < -0.39 is 5.41 Å². The Hall–Kier alpha value is -1.95. The molecular weight excluding hydrogens is 287 g/mol. The van der Waals surface area contributed by atoms with Gasteiger partial charge >= 0.3 is 0 Å². The van der Waals surface area contributed by atoms with Crippen molar-refractivity contribution in [3.05, 3.63) is 35.6 Å². The number of hydrogen-bond donors (Lipinski definition) is 1. The number of amides is 2. The average Bonchev–Trinajstić information content (AvgIpc) is 3.29. The molecule has 22 heavy (non-hydrogen) atoms. The summed E-state index contributed by atoms with van der Waals surface area (Å²) in [6, 6.07) is 6.01. The lowest BCUT2D eigenvalue weighted by Crippen LogP contribution is -2.43. The van der Waals surface area contributed by atoms with Crippen LogP contribution in [-0.2, 0) is 19.7 Å². The topological polar surface area (TPSA) is 58.6 Å². The number of nitrogens with one attached hydrogen (secondary N) is 1. The van der Waals surface area contributed by atoms with Gasteiger partial charge in [-0.15, -0.1) is 0 Å². The molecule has 1 saturated carbocycles. The lowest BCUT2D eigenvalue weighted by molar-refractivity contribution is -0.136. The average molecular weight is 308 g/mol. The molecule has 0 radical (unpaired) electrons. The van der Waals surface area contributed by atoms with E-state index in [4.69, 9.17) is 4.74 Å². The zero-order chi connectivity index (χ0) is 16.2. The third kappa shape index (κ3) is 3.62. The number of methoxy groups -OCH3 is 1. The van der Waals surface area contributed by atoms with Gasteiger partial charge in [0.2, 0.25) is 11.8 Å². The van der Waals surface area contributed by atoms with Crippen LogP contribution in [0.3, 0.4) is 0 Å². The Kier molecular flexibility index (Phi) is 5.13. The molecule has 0 aliphatic heterocycles. The first-order chi connectivity index (χ1) is 10.5. The predicted octanol–water partition coefficient (Wildman–Crippen LogP) is 1.08. The van der Waals surface area contributed by atoms with E-state index in [0.29, 0.717) is 13.2 Å². The number of carbonyl (C=O) groups is 2. The van der Waals surface area contributed by atoms with Gasteiger partial charge in [0.1, 0.15) is 5.82 Å². The first kappa shape index (κ1) is 16.4. The normalized spacial score (nSPS) is 15.2. The molecule has 5 nitrogen and oxygen atoms in total. The van der Waals surface area contributed by atoms with Crippen LogP contribution >= 0.6 is 0 Å². The molecule has 0 bridgehead atoms. The Balaban J connectivity index is 1.95. The number of halogens is 1. The zero-order valence-corrected chi connectivity index (χ0v) is 12.9. The van der Waals surface area contributed by atoms with Crippen molar-refractivity contribution in [1.82, 2.24) is 10.2 Å². The van der Waals surface area contributed by atoms with E-state index in [1.165, 1.54) is 17.0 Å². The molecule has 0 saturated heterocycles. The van der Waals surface area contributed by atoms with Crippen molar-refractivity contribution in [3.8, 4) is 0 Å². The van der Waals surface area contributed by atoms with E-state index in [1.54, 1.807) is 26.3 Å². The minimum atomic E-state index is -0.588. The van der Waals surface area contributed by atoms with Crippen LogP contribution in [0, 0.1) is 5.82 Å². The largest absolute Gasteiger partial charge is 0.383 e. The summed E-state index contributed by atoms with van der Waals surface area (Å²) < 4.78 is 17.9. The number of hydrogen-bond acceptors (Lipinski definition) is 3. The number of ether oxygens (including phenoxy) is 1. The van der Waals surface area contributed by atoms with Gasteiger partial charge in [-0.1, -0.05) is 12.1 Å². The quantitative estimate of drug-likeness (QED) is 0.767. The monoisotopic (exact) mass is 308 g/mol. The standard InChI is InChI=1S/C16H21FN2O3/c1-19(11-14(20)18-9-10-22-2)15(21)16(7-8-16)12-3-5-13(17)6-4-12/h3-6H,7-11H2,1-2H3,(H,18,20). The van der Waals surface area contributed by atoms with Gasteiger partial charge in [-0.05, 0) is 30.5 Å².